The third-order valence-electron chi connectivity index (χ3n) is 2.27. The molecule has 0 radical (unpaired) electrons. The molecule has 0 saturated heterocycles. The number of hydrogen-bond donors (Lipinski definition) is 1. The van der Waals surface area contributed by atoms with Gasteiger partial charge in [0.1, 0.15) is 17.6 Å². The average molecular weight is 191 g/mol. The molecule has 0 aliphatic carbocycles. The van der Waals surface area contributed by atoms with E-state index in [4.69, 9.17) is 11.0 Å². The normalized spacial score (nSPS) is 11.4. The van der Waals surface area contributed by atoms with E-state index in [9.17, 15) is 0 Å². The summed E-state index contributed by atoms with van der Waals surface area (Å²) < 4.78 is 1.89. The molecule has 0 bridgehead atoms. The van der Waals surface area contributed by atoms with Crippen LogP contribution in [-0.4, -0.2) is 4.57 Å². The molecule has 1 aromatic rings. The summed E-state index contributed by atoms with van der Waals surface area (Å²) in [6.07, 6.45) is 0.843. The highest BCUT2D eigenvalue weighted by Gasteiger charge is 2.21. The standard InChI is InChI=1S/C11H17N3/c1-5-8-6-10(13)14(9(8)7-12)11(2,3)4/h6H,5,13H2,1-4H3. The molecule has 1 aromatic heterocycles. The van der Waals surface area contributed by atoms with E-state index >= 15 is 0 Å². The summed E-state index contributed by atoms with van der Waals surface area (Å²) in [6.45, 7) is 8.17. The van der Waals surface area contributed by atoms with E-state index in [1.54, 1.807) is 0 Å². The van der Waals surface area contributed by atoms with Crippen LogP contribution in [0, 0.1) is 11.3 Å². The minimum Gasteiger partial charge on any atom is -0.385 e. The van der Waals surface area contributed by atoms with Crippen molar-refractivity contribution in [3.8, 4) is 6.07 Å². The zero-order valence-electron chi connectivity index (χ0n) is 9.26. The van der Waals surface area contributed by atoms with Crippen molar-refractivity contribution in [1.82, 2.24) is 4.57 Å². The van der Waals surface area contributed by atoms with Crippen LogP contribution in [0.2, 0.25) is 0 Å². The van der Waals surface area contributed by atoms with Gasteiger partial charge in [0.15, 0.2) is 0 Å². The molecule has 0 unspecified atom stereocenters. The molecule has 0 aromatic carbocycles. The Balaban J connectivity index is 3.44. The molecule has 0 spiro atoms. The molecular formula is C11H17N3. The quantitative estimate of drug-likeness (QED) is 0.740. The van der Waals surface area contributed by atoms with E-state index in [1.807, 2.05) is 38.3 Å². The molecule has 0 aliphatic heterocycles. The topological polar surface area (TPSA) is 54.7 Å². The second-order valence-electron chi connectivity index (χ2n) is 4.41. The van der Waals surface area contributed by atoms with Crippen LogP contribution in [0.3, 0.4) is 0 Å². The van der Waals surface area contributed by atoms with Gasteiger partial charge in [-0.1, -0.05) is 6.92 Å². The number of aryl methyl sites for hydroxylation is 1. The van der Waals surface area contributed by atoms with Crippen LogP contribution in [0.15, 0.2) is 6.07 Å². The molecule has 1 rings (SSSR count). The van der Waals surface area contributed by atoms with Crippen molar-refractivity contribution in [2.75, 3.05) is 5.73 Å². The van der Waals surface area contributed by atoms with Gasteiger partial charge in [-0.25, -0.2) is 0 Å². The summed E-state index contributed by atoms with van der Waals surface area (Å²) in [6, 6.07) is 4.12. The van der Waals surface area contributed by atoms with Gasteiger partial charge >= 0.3 is 0 Å². The van der Waals surface area contributed by atoms with E-state index in [1.165, 1.54) is 0 Å². The highest BCUT2D eigenvalue weighted by molar-refractivity contribution is 5.47. The first-order valence-electron chi connectivity index (χ1n) is 4.82. The molecule has 1 heterocycles. The van der Waals surface area contributed by atoms with E-state index < -0.39 is 0 Å². The number of nitrogens with two attached hydrogens (primary N) is 1. The maximum Gasteiger partial charge on any atom is 0.125 e. The maximum atomic E-state index is 9.08. The first kappa shape index (κ1) is 10.6. The number of rotatable bonds is 1. The number of nitrogens with zero attached hydrogens (tertiary/aromatic N) is 2. The van der Waals surface area contributed by atoms with Crippen LogP contribution >= 0.6 is 0 Å². The lowest BCUT2D eigenvalue weighted by Gasteiger charge is -2.24. The fourth-order valence-electron chi connectivity index (χ4n) is 1.70. The van der Waals surface area contributed by atoms with Crippen LogP contribution in [0.5, 0.6) is 0 Å². The fourth-order valence-corrected chi connectivity index (χ4v) is 1.70. The largest absolute Gasteiger partial charge is 0.385 e. The van der Waals surface area contributed by atoms with Crippen LogP contribution in [0.25, 0.3) is 0 Å². The minimum atomic E-state index is -0.136. The smallest absolute Gasteiger partial charge is 0.125 e. The second kappa shape index (κ2) is 3.38. The van der Waals surface area contributed by atoms with Crippen LogP contribution in [0.1, 0.15) is 39.0 Å². The maximum absolute atomic E-state index is 9.08. The van der Waals surface area contributed by atoms with Crippen molar-refractivity contribution >= 4 is 5.82 Å². The summed E-state index contributed by atoms with van der Waals surface area (Å²) in [4.78, 5) is 0. The zero-order chi connectivity index (χ0) is 10.9. The van der Waals surface area contributed by atoms with E-state index in [0.29, 0.717) is 11.5 Å². The molecule has 0 aliphatic rings. The minimum absolute atomic E-state index is 0.136. The van der Waals surface area contributed by atoms with Gasteiger partial charge in [-0.05, 0) is 38.8 Å². The van der Waals surface area contributed by atoms with Gasteiger partial charge < -0.3 is 10.3 Å². The Labute approximate surface area is 85.1 Å². The predicted molar refractivity (Wildman–Crippen MR) is 57.9 cm³/mol. The van der Waals surface area contributed by atoms with Crippen molar-refractivity contribution in [3.63, 3.8) is 0 Å². The highest BCUT2D eigenvalue weighted by Crippen LogP contribution is 2.26. The Morgan fingerprint density at radius 3 is 2.43 bits per heavy atom. The van der Waals surface area contributed by atoms with E-state index in [0.717, 1.165) is 12.0 Å². The Hall–Kier alpha value is -1.43. The number of anilines is 1. The summed E-state index contributed by atoms with van der Waals surface area (Å²) in [7, 11) is 0. The average Bonchev–Trinajstić information content (AvgIpc) is 2.40. The zero-order valence-corrected chi connectivity index (χ0v) is 9.26. The van der Waals surface area contributed by atoms with Crippen molar-refractivity contribution in [1.29, 1.82) is 5.26 Å². The number of aromatic nitrogens is 1. The second-order valence-corrected chi connectivity index (χ2v) is 4.41. The van der Waals surface area contributed by atoms with Gasteiger partial charge in [-0.2, -0.15) is 5.26 Å². The molecule has 0 atom stereocenters. The third kappa shape index (κ3) is 1.60. The lowest BCUT2D eigenvalue weighted by Crippen LogP contribution is -2.24. The molecule has 3 nitrogen and oxygen atoms in total. The molecule has 76 valence electrons. The summed E-state index contributed by atoms with van der Waals surface area (Å²) in [5.41, 5.74) is 7.47. The molecular weight excluding hydrogens is 174 g/mol. The molecule has 2 N–H and O–H groups in total. The SMILES string of the molecule is CCc1cc(N)n(C(C)(C)C)c1C#N. The molecule has 0 saturated carbocycles. The van der Waals surface area contributed by atoms with E-state index in [2.05, 4.69) is 6.07 Å². The van der Waals surface area contributed by atoms with Gasteiger partial charge in [0.05, 0.1) is 0 Å². The van der Waals surface area contributed by atoms with Crippen molar-refractivity contribution < 1.29 is 0 Å². The van der Waals surface area contributed by atoms with Gasteiger partial charge in [0.25, 0.3) is 0 Å². The van der Waals surface area contributed by atoms with Crippen molar-refractivity contribution in [2.24, 2.45) is 0 Å². The lowest BCUT2D eigenvalue weighted by molar-refractivity contribution is 0.400. The Bertz CT molecular complexity index is 374. The third-order valence-corrected chi connectivity index (χ3v) is 2.27. The fraction of sp³-hybridized carbons (Fsp3) is 0.545. The van der Waals surface area contributed by atoms with Crippen molar-refractivity contribution in [3.05, 3.63) is 17.3 Å². The number of hydrogen-bond acceptors (Lipinski definition) is 2. The monoisotopic (exact) mass is 191 g/mol. The van der Waals surface area contributed by atoms with Gasteiger partial charge in [-0.3, -0.25) is 0 Å². The van der Waals surface area contributed by atoms with Crippen LogP contribution in [-0.2, 0) is 12.0 Å². The summed E-state index contributed by atoms with van der Waals surface area (Å²) >= 11 is 0. The van der Waals surface area contributed by atoms with Gasteiger partial charge in [0, 0.05) is 5.54 Å². The number of nitriles is 1. The lowest BCUT2D eigenvalue weighted by atomic mass is 10.1. The first-order valence-corrected chi connectivity index (χ1v) is 4.82. The molecule has 14 heavy (non-hydrogen) atoms. The van der Waals surface area contributed by atoms with Crippen LogP contribution < -0.4 is 5.73 Å². The summed E-state index contributed by atoms with van der Waals surface area (Å²) in [5.74, 6) is 0.672. The first-order chi connectivity index (χ1) is 6.41. The Kier molecular flexibility index (Phi) is 2.57. The highest BCUT2D eigenvalue weighted by atomic mass is 15.1. The molecule has 3 heteroatoms. The van der Waals surface area contributed by atoms with Gasteiger partial charge in [-0.15, -0.1) is 0 Å². The number of nitrogen functional groups attached to an aromatic ring is 1. The van der Waals surface area contributed by atoms with Crippen molar-refractivity contribution in [2.45, 2.75) is 39.7 Å². The van der Waals surface area contributed by atoms with Gasteiger partial charge in [0.2, 0.25) is 0 Å². The molecule has 0 fully saturated rings. The van der Waals surface area contributed by atoms with E-state index in [-0.39, 0.29) is 5.54 Å². The predicted octanol–water partition coefficient (Wildman–Crippen LogP) is 2.26. The summed E-state index contributed by atoms with van der Waals surface area (Å²) in [5, 5.41) is 9.08. The molecule has 0 amide bonds. The Morgan fingerprint density at radius 2 is 2.07 bits per heavy atom. The Morgan fingerprint density at radius 1 is 1.50 bits per heavy atom. The van der Waals surface area contributed by atoms with Crippen LogP contribution in [0.4, 0.5) is 5.82 Å².